The quantitative estimate of drug-likeness (QED) is 0.564. The highest BCUT2D eigenvalue weighted by Crippen LogP contribution is 2.37. The maximum atomic E-state index is 11.4. The van der Waals surface area contributed by atoms with Crippen molar-refractivity contribution in [1.29, 1.82) is 0 Å². The minimum absolute atomic E-state index is 0.373. The van der Waals surface area contributed by atoms with Gasteiger partial charge in [-0.05, 0) is 29.1 Å². The summed E-state index contributed by atoms with van der Waals surface area (Å²) < 4.78 is 4.65. The van der Waals surface area contributed by atoms with Crippen LogP contribution in [0.4, 0.5) is 0 Å². The highest BCUT2D eigenvalue weighted by atomic mass is 35.5. The molecule has 94 valence electrons. The van der Waals surface area contributed by atoms with Crippen molar-refractivity contribution in [2.75, 3.05) is 7.11 Å². The first-order valence-corrected chi connectivity index (χ1v) is 6.86. The zero-order valence-corrected chi connectivity index (χ0v) is 12.3. The zero-order valence-electron chi connectivity index (χ0n) is 9.17. The van der Waals surface area contributed by atoms with Crippen LogP contribution in [0.3, 0.4) is 0 Å². The van der Waals surface area contributed by atoms with Crippen molar-refractivity contribution in [2.45, 2.75) is 0 Å². The van der Waals surface area contributed by atoms with Crippen molar-refractivity contribution in [3.05, 3.63) is 43.5 Å². The summed E-state index contributed by atoms with van der Waals surface area (Å²) in [6.07, 6.45) is 0. The van der Waals surface area contributed by atoms with Gasteiger partial charge in [-0.25, -0.2) is 4.79 Å². The Morgan fingerprint density at radius 1 is 1.11 bits per heavy atom. The maximum Gasteiger partial charge on any atom is 0.348 e. The zero-order chi connectivity index (χ0) is 13.3. The van der Waals surface area contributed by atoms with Crippen LogP contribution in [0.15, 0.2) is 23.6 Å². The normalized spacial score (nSPS) is 10.4. The van der Waals surface area contributed by atoms with Crippen LogP contribution in [0.1, 0.15) is 9.67 Å². The third kappa shape index (κ3) is 2.64. The lowest BCUT2D eigenvalue weighted by Gasteiger charge is -2.04. The number of thiophene rings is 1. The fraction of sp³-hybridized carbons (Fsp3) is 0.0833. The van der Waals surface area contributed by atoms with Crippen molar-refractivity contribution < 1.29 is 9.53 Å². The average Bonchev–Trinajstić information content (AvgIpc) is 2.82. The van der Waals surface area contributed by atoms with Gasteiger partial charge in [0.25, 0.3) is 0 Å². The first-order chi connectivity index (χ1) is 8.52. The van der Waals surface area contributed by atoms with Crippen LogP contribution in [0.2, 0.25) is 15.1 Å². The molecule has 1 heterocycles. The van der Waals surface area contributed by atoms with Gasteiger partial charge in [0.2, 0.25) is 0 Å². The molecule has 0 aliphatic heterocycles. The number of ether oxygens (including phenoxy) is 1. The van der Waals surface area contributed by atoms with E-state index in [1.807, 2.05) is 5.38 Å². The molecule has 0 saturated carbocycles. The second-order valence-corrected chi connectivity index (χ2v) is 5.57. The Balaban J connectivity index is 2.46. The molecular formula is C12H7Cl3O2S. The summed E-state index contributed by atoms with van der Waals surface area (Å²) in [5.41, 5.74) is 1.54. The molecule has 0 unspecified atom stereocenters. The van der Waals surface area contributed by atoms with Gasteiger partial charge in [-0.2, -0.15) is 0 Å². The summed E-state index contributed by atoms with van der Waals surface area (Å²) >= 11 is 19.2. The molecule has 0 spiro atoms. The Hall–Kier alpha value is -0.740. The van der Waals surface area contributed by atoms with E-state index >= 15 is 0 Å². The molecular weight excluding hydrogens is 315 g/mol. The van der Waals surface area contributed by atoms with Crippen molar-refractivity contribution in [2.24, 2.45) is 0 Å². The number of rotatable bonds is 2. The monoisotopic (exact) mass is 320 g/mol. The Kier molecular flexibility index (Phi) is 4.17. The van der Waals surface area contributed by atoms with E-state index in [1.165, 1.54) is 18.4 Å². The molecule has 0 aliphatic rings. The first-order valence-electron chi connectivity index (χ1n) is 4.84. The molecule has 0 amide bonds. The summed E-state index contributed by atoms with van der Waals surface area (Å²) in [5.74, 6) is -0.373. The number of hydrogen-bond acceptors (Lipinski definition) is 3. The number of hydrogen-bond donors (Lipinski definition) is 0. The molecule has 0 radical (unpaired) electrons. The van der Waals surface area contributed by atoms with Crippen molar-refractivity contribution in [1.82, 2.24) is 0 Å². The van der Waals surface area contributed by atoms with Crippen LogP contribution in [-0.2, 0) is 4.74 Å². The summed E-state index contributed by atoms with van der Waals surface area (Å²) in [4.78, 5) is 11.9. The topological polar surface area (TPSA) is 26.3 Å². The number of benzene rings is 1. The van der Waals surface area contributed by atoms with E-state index < -0.39 is 0 Å². The van der Waals surface area contributed by atoms with E-state index in [-0.39, 0.29) is 5.97 Å². The van der Waals surface area contributed by atoms with E-state index in [9.17, 15) is 4.79 Å². The molecule has 0 aliphatic carbocycles. The molecule has 18 heavy (non-hydrogen) atoms. The average molecular weight is 322 g/mol. The van der Waals surface area contributed by atoms with E-state index in [2.05, 4.69) is 4.74 Å². The highest BCUT2D eigenvalue weighted by Gasteiger charge is 2.13. The van der Waals surface area contributed by atoms with Crippen LogP contribution >= 0.6 is 46.1 Å². The van der Waals surface area contributed by atoms with Gasteiger partial charge in [0.05, 0.1) is 22.2 Å². The van der Waals surface area contributed by atoms with Gasteiger partial charge in [0, 0.05) is 5.56 Å². The molecule has 2 nitrogen and oxygen atoms in total. The smallest absolute Gasteiger partial charge is 0.348 e. The lowest BCUT2D eigenvalue weighted by atomic mass is 10.1. The Morgan fingerprint density at radius 2 is 1.78 bits per heavy atom. The summed E-state index contributed by atoms with van der Waals surface area (Å²) in [7, 11) is 1.34. The predicted octanol–water partition coefficient (Wildman–Crippen LogP) is 5.16. The van der Waals surface area contributed by atoms with Crippen LogP contribution in [0.5, 0.6) is 0 Å². The highest BCUT2D eigenvalue weighted by molar-refractivity contribution is 7.12. The summed E-state index contributed by atoms with van der Waals surface area (Å²) in [6.45, 7) is 0. The second-order valence-electron chi connectivity index (χ2n) is 3.44. The van der Waals surface area contributed by atoms with Crippen LogP contribution in [0, 0.1) is 0 Å². The molecule has 0 bridgehead atoms. The van der Waals surface area contributed by atoms with E-state index in [1.54, 1.807) is 18.2 Å². The maximum absolute atomic E-state index is 11.4. The summed E-state index contributed by atoms with van der Waals surface area (Å²) in [6, 6.07) is 4.97. The molecule has 2 aromatic rings. The van der Waals surface area contributed by atoms with Gasteiger partial charge in [-0.15, -0.1) is 11.3 Å². The van der Waals surface area contributed by atoms with E-state index in [0.29, 0.717) is 19.9 Å². The minimum Gasteiger partial charge on any atom is -0.465 e. The molecule has 0 N–H and O–H groups in total. The van der Waals surface area contributed by atoms with Gasteiger partial charge in [-0.1, -0.05) is 34.8 Å². The van der Waals surface area contributed by atoms with Crippen molar-refractivity contribution >= 4 is 52.1 Å². The van der Waals surface area contributed by atoms with E-state index in [0.717, 1.165) is 11.1 Å². The molecule has 1 aromatic carbocycles. The number of halogens is 3. The first kappa shape index (κ1) is 13.7. The second kappa shape index (κ2) is 5.49. The fourth-order valence-electron chi connectivity index (χ4n) is 1.43. The molecule has 2 rings (SSSR count). The van der Waals surface area contributed by atoms with Gasteiger partial charge < -0.3 is 4.74 Å². The van der Waals surface area contributed by atoms with Crippen LogP contribution < -0.4 is 0 Å². The molecule has 0 fully saturated rings. The fourth-order valence-corrected chi connectivity index (χ4v) is 2.91. The molecule has 0 atom stereocenters. The molecule has 1 aromatic heterocycles. The third-order valence-electron chi connectivity index (χ3n) is 2.31. The molecule has 6 heteroatoms. The third-order valence-corrected chi connectivity index (χ3v) is 4.25. The number of methoxy groups -OCH3 is 1. The standard InChI is InChI=1S/C12H7Cl3O2S/c1-17-12(16)11-2-6(5-18-11)7-3-9(14)10(15)4-8(7)13/h2-5H,1H3. The lowest BCUT2D eigenvalue weighted by molar-refractivity contribution is 0.0606. The van der Waals surface area contributed by atoms with Gasteiger partial charge in [-0.3, -0.25) is 0 Å². The van der Waals surface area contributed by atoms with Gasteiger partial charge in [0.15, 0.2) is 0 Å². The summed E-state index contributed by atoms with van der Waals surface area (Å²) in [5, 5.41) is 3.12. The lowest BCUT2D eigenvalue weighted by Crippen LogP contribution is -1.96. The Labute approximate surface area is 123 Å². The van der Waals surface area contributed by atoms with Crippen LogP contribution in [-0.4, -0.2) is 13.1 Å². The van der Waals surface area contributed by atoms with E-state index in [4.69, 9.17) is 34.8 Å². The number of carbonyl (C=O) groups excluding carboxylic acids is 1. The van der Waals surface area contributed by atoms with Crippen molar-refractivity contribution in [3.63, 3.8) is 0 Å². The Morgan fingerprint density at radius 3 is 2.44 bits per heavy atom. The predicted molar refractivity (Wildman–Crippen MR) is 76.1 cm³/mol. The van der Waals surface area contributed by atoms with Gasteiger partial charge >= 0.3 is 5.97 Å². The van der Waals surface area contributed by atoms with Gasteiger partial charge in [0.1, 0.15) is 4.88 Å². The Bertz CT molecular complexity index is 607. The SMILES string of the molecule is COC(=O)c1cc(-c2cc(Cl)c(Cl)cc2Cl)cs1. The number of esters is 1. The largest absolute Gasteiger partial charge is 0.465 e. The minimum atomic E-state index is -0.373. The number of carbonyl (C=O) groups is 1. The van der Waals surface area contributed by atoms with Crippen LogP contribution in [0.25, 0.3) is 11.1 Å². The molecule has 0 saturated heterocycles. The van der Waals surface area contributed by atoms with Crippen molar-refractivity contribution in [3.8, 4) is 11.1 Å².